The van der Waals surface area contributed by atoms with Gasteiger partial charge >= 0.3 is 0 Å². The molecule has 2 amide bonds. The molecule has 0 unspecified atom stereocenters. The van der Waals surface area contributed by atoms with E-state index < -0.39 is 21.8 Å². The van der Waals surface area contributed by atoms with Gasteiger partial charge < -0.3 is 15.8 Å². The molecule has 1 saturated heterocycles. The fourth-order valence-corrected chi connectivity index (χ4v) is 5.54. The molecule has 0 saturated carbocycles. The van der Waals surface area contributed by atoms with Crippen molar-refractivity contribution in [3.05, 3.63) is 52.6 Å². The number of nitrogens with one attached hydrogen (secondary N) is 1. The molecule has 32 heavy (non-hydrogen) atoms. The number of primary amides is 1. The number of amides is 2. The van der Waals surface area contributed by atoms with E-state index in [1.165, 1.54) is 35.7 Å². The maximum Gasteiger partial charge on any atom is 0.255 e. The van der Waals surface area contributed by atoms with E-state index in [-0.39, 0.29) is 21.7 Å². The van der Waals surface area contributed by atoms with E-state index in [4.69, 9.17) is 10.5 Å². The van der Waals surface area contributed by atoms with E-state index in [1.807, 2.05) is 0 Å². The first-order chi connectivity index (χ1) is 15.0. The second kappa shape index (κ2) is 9.30. The number of carbonyl (C=O) groups is 2. The second-order valence-electron chi connectivity index (χ2n) is 8.24. The lowest BCUT2D eigenvalue weighted by atomic mass is 10.0. The van der Waals surface area contributed by atoms with E-state index in [0.29, 0.717) is 35.9 Å². The van der Waals surface area contributed by atoms with Crippen molar-refractivity contribution in [2.45, 2.75) is 38.5 Å². The smallest absolute Gasteiger partial charge is 0.255 e. The van der Waals surface area contributed by atoms with Crippen LogP contribution in [0.15, 0.2) is 35.2 Å². The predicted molar refractivity (Wildman–Crippen MR) is 123 cm³/mol. The maximum atomic E-state index is 13.3. The number of nitrogens with two attached hydrogens (primary N) is 1. The minimum absolute atomic E-state index is 0.134. The Kier molecular flexibility index (Phi) is 6.90. The van der Waals surface area contributed by atoms with Crippen LogP contribution in [0, 0.1) is 19.8 Å². The lowest BCUT2D eigenvalue weighted by molar-refractivity contribution is 0.0996. The first-order valence-corrected chi connectivity index (χ1v) is 11.9. The standard InChI is InChI=1S/C23H29N3O5S/c1-14-7-9-26(10-8-14)32(29,30)21-13-18(11-15(2)16(21)3)23(28)25-19-12-17(22(24)27)5-6-20(19)31-4/h5-6,11-14H,7-10H2,1-4H3,(H2,24,27)(H,25,28). The molecule has 2 aromatic rings. The molecule has 8 nitrogen and oxygen atoms in total. The fraction of sp³-hybridized carbons (Fsp3) is 0.391. The van der Waals surface area contributed by atoms with Gasteiger partial charge in [0, 0.05) is 24.2 Å². The van der Waals surface area contributed by atoms with Gasteiger partial charge in [-0.15, -0.1) is 0 Å². The normalized spacial score (nSPS) is 15.4. The number of benzene rings is 2. The number of aryl methyl sites for hydroxylation is 1. The minimum Gasteiger partial charge on any atom is -0.495 e. The number of sulfonamides is 1. The molecule has 3 rings (SSSR count). The third-order valence-electron chi connectivity index (χ3n) is 5.97. The fourth-order valence-electron chi connectivity index (χ4n) is 3.74. The van der Waals surface area contributed by atoms with Gasteiger partial charge in [-0.2, -0.15) is 4.31 Å². The summed E-state index contributed by atoms with van der Waals surface area (Å²) in [5, 5.41) is 2.70. The lowest BCUT2D eigenvalue weighted by Crippen LogP contribution is -2.38. The largest absolute Gasteiger partial charge is 0.495 e. The van der Waals surface area contributed by atoms with Gasteiger partial charge in [-0.3, -0.25) is 9.59 Å². The Morgan fingerprint density at radius 2 is 1.75 bits per heavy atom. The summed E-state index contributed by atoms with van der Waals surface area (Å²) < 4.78 is 33.4. The van der Waals surface area contributed by atoms with Crippen LogP contribution in [0.25, 0.3) is 0 Å². The summed E-state index contributed by atoms with van der Waals surface area (Å²) in [5.41, 5.74) is 7.32. The van der Waals surface area contributed by atoms with E-state index in [2.05, 4.69) is 12.2 Å². The van der Waals surface area contributed by atoms with Gasteiger partial charge in [0.15, 0.2) is 0 Å². The van der Waals surface area contributed by atoms with Gasteiger partial charge in [-0.1, -0.05) is 6.92 Å². The number of hydrogen-bond acceptors (Lipinski definition) is 5. The predicted octanol–water partition coefficient (Wildman–Crippen LogP) is 3.08. The average molecular weight is 460 g/mol. The zero-order chi connectivity index (χ0) is 23.6. The molecule has 9 heteroatoms. The van der Waals surface area contributed by atoms with Crippen molar-refractivity contribution in [1.82, 2.24) is 4.31 Å². The maximum absolute atomic E-state index is 13.3. The summed E-state index contributed by atoms with van der Waals surface area (Å²) in [6.07, 6.45) is 1.63. The molecular weight excluding hydrogens is 430 g/mol. The Bertz CT molecular complexity index is 1150. The number of nitrogens with zero attached hydrogens (tertiary/aromatic N) is 1. The van der Waals surface area contributed by atoms with Crippen molar-refractivity contribution in [3.8, 4) is 5.75 Å². The van der Waals surface area contributed by atoms with Gasteiger partial charge in [-0.25, -0.2) is 8.42 Å². The highest BCUT2D eigenvalue weighted by Gasteiger charge is 2.30. The van der Waals surface area contributed by atoms with Crippen LogP contribution in [0.3, 0.4) is 0 Å². The van der Waals surface area contributed by atoms with Crippen LogP contribution >= 0.6 is 0 Å². The number of methoxy groups -OCH3 is 1. The summed E-state index contributed by atoms with van der Waals surface area (Å²) in [6, 6.07) is 7.51. The van der Waals surface area contributed by atoms with Crippen LogP contribution in [-0.4, -0.2) is 44.7 Å². The first-order valence-electron chi connectivity index (χ1n) is 10.4. The van der Waals surface area contributed by atoms with Gasteiger partial charge in [0.2, 0.25) is 15.9 Å². The Hall–Kier alpha value is -2.91. The van der Waals surface area contributed by atoms with E-state index in [9.17, 15) is 18.0 Å². The summed E-state index contributed by atoms with van der Waals surface area (Å²) in [5.74, 6) is -0.315. The van der Waals surface area contributed by atoms with Crippen LogP contribution in [0.1, 0.15) is 51.6 Å². The molecule has 2 aromatic carbocycles. The van der Waals surface area contributed by atoms with Crippen LogP contribution < -0.4 is 15.8 Å². The molecule has 172 valence electrons. The van der Waals surface area contributed by atoms with Gasteiger partial charge in [0.1, 0.15) is 5.75 Å². The number of piperidine rings is 1. The van der Waals surface area contributed by atoms with E-state index in [1.54, 1.807) is 19.9 Å². The molecule has 1 aliphatic heterocycles. The van der Waals surface area contributed by atoms with Crippen molar-refractivity contribution in [3.63, 3.8) is 0 Å². The average Bonchev–Trinajstić information content (AvgIpc) is 2.75. The lowest BCUT2D eigenvalue weighted by Gasteiger charge is -2.30. The number of anilines is 1. The van der Waals surface area contributed by atoms with Crippen molar-refractivity contribution in [1.29, 1.82) is 0 Å². The quantitative estimate of drug-likeness (QED) is 0.688. The number of carbonyl (C=O) groups excluding carboxylic acids is 2. The Morgan fingerprint density at radius 3 is 2.34 bits per heavy atom. The Balaban J connectivity index is 1.96. The summed E-state index contributed by atoms with van der Waals surface area (Å²) in [7, 11) is -2.29. The Labute approximate surface area is 188 Å². The number of ether oxygens (including phenoxy) is 1. The molecule has 0 radical (unpaired) electrons. The van der Waals surface area contributed by atoms with Gasteiger partial charge in [0.25, 0.3) is 5.91 Å². The van der Waals surface area contributed by atoms with E-state index in [0.717, 1.165) is 12.8 Å². The second-order valence-corrected chi connectivity index (χ2v) is 10.1. The third kappa shape index (κ3) is 4.78. The molecule has 3 N–H and O–H groups in total. The Morgan fingerprint density at radius 1 is 1.09 bits per heavy atom. The van der Waals surface area contributed by atoms with Crippen LogP contribution in [0.4, 0.5) is 5.69 Å². The van der Waals surface area contributed by atoms with Crippen LogP contribution in [0.2, 0.25) is 0 Å². The van der Waals surface area contributed by atoms with Crippen molar-refractivity contribution in [2.24, 2.45) is 11.7 Å². The summed E-state index contributed by atoms with van der Waals surface area (Å²) >= 11 is 0. The molecule has 1 aliphatic rings. The highest BCUT2D eigenvalue weighted by Crippen LogP contribution is 2.30. The molecule has 1 heterocycles. The van der Waals surface area contributed by atoms with E-state index >= 15 is 0 Å². The topological polar surface area (TPSA) is 119 Å². The highest BCUT2D eigenvalue weighted by molar-refractivity contribution is 7.89. The monoisotopic (exact) mass is 459 g/mol. The van der Waals surface area contributed by atoms with Crippen LogP contribution in [-0.2, 0) is 10.0 Å². The molecule has 0 aliphatic carbocycles. The molecule has 0 spiro atoms. The zero-order valence-corrected chi connectivity index (χ0v) is 19.6. The highest BCUT2D eigenvalue weighted by atomic mass is 32.2. The minimum atomic E-state index is -3.73. The third-order valence-corrected chi connectivity index (χ3v) is 8.00. The summed E-state index contributed by atoms with van der Waals surface area (Å²) in [4.78, 5) is 24.7. The van der Waals surface area contributed by atoms with Crippen molar-refractivity contribution in [2.75, 3.05) is 25.5 Å². The number of hydrogen-bond donors (Lipinski definition) is 2. The zero-order valence-electron chi connectivity index (χ0n) is 18.8. The SMILES string of the molecule is COc1ccc(C(N)=O)cc1NC(=O)c1cc(C)c(C)c(S(=O)(=O)N2CCC(C)CC2)c1. The molecule has 0 aromatic heterocycles. The molecule has 1 fully saturated rings. The van der Waals surface area contributed by atoms with Gasteiger partial charge in [0.05, 0.1) is 17.7 Å². The first kappa shape index (κ1) is 23.7. The molecular formula is C23H29N3O5S. The van der Waals surface area contributed by atoms with Crippen molar-refractivity contribution >= 4 is 27.5 Å². The van der Waals surface area contributed by atoms with Crippen LogP contribution in [0.5, 0.6) is 5.75 Å². The number of rotatable bonds is 6. The van der Waals surface area contributed by atoms with Gasteiger partial charge in [-0.05, 0) is 74.1 Å². The van der Waals surface area contributed by atoms with Crippen molar-refractivity contribution < 1.29 is 22.7 Å². The summed E-state index contributed by atoms with van der Waals surface area (Å²) in [6.45, 7) is 6.57. The molecule has 0 atom stereocenters. The molecule has 0 bridgehead atoms.